The van der Waals surface area contributed by atoms with Gasteiger partial charge in [0.25, 0.3) is 0 Å². The summed E-state index contributed by atoms with van der Waals surface area (Å²) in [5.74, 6) is 0.844. The monoisotopic (exact) mass is 373 g/mol. The van der Waals surface area contributed by atoms with Crippen molar-refractivity contribution in [2.45, 2.75) is 25.7 Å². The van der Waals surface area contributed by atoms with Gasteiger partial charge in [0.15, 0.2) is 0 Å². The van der Waals surface area contributed by atoms with Crippen LogP contribution in [0.3, 0.4) is 0 Å². The largest absolute Gasteiger partial charge is 0.497 e. The first-order valence-corrected chi connectivity index (χ1v) is 9.35. The highest BCUT2D eigenvalue weighted by Gasteiger charge is 2.13. The van der Waals surface area contributed by atoms with E-state index in [2.05, 4.69) is 11.0 Å². The molecular weight excluding hydrogens is 342 g/mol. The van der Waals surface area contributed by atoms with Crippen molar-refractivity contribution in [3.63, 3.8) is 0 Å². The molecule has 0 bridgehead atoms. The fourth-order valence-corrected chi connectivity index (χ4v) is 2.93. The zero-order valence-corrected chi connectivity index (χ0v) is 16.3. The maximum Gasteiger partial charge on any atom is 0.119 e. The summed E-state index contributed by atoms with van der Waals surface area (Å²) in [6.45, 7) is 3.67. The van der Waals surface area contributed by atoms with Gasteiger partial charge in [-0.3, -0.25) is 4.90 Å². The minimum Gasteiger partial charge on any atom is -0.497 e. The Morgan fingerprint density at radius 3 is 2.52 bits per heavy atom. The van der Waals surface area contributed by atoms with Gasteiger partial charge in [0.1, 0.15) is 5.75 Å². The van der Waals surface area contributed by atoms with Crippen molar-refractivity contribution in [1.29, 1.82) is 0 Å². The Labute approximate surface area is 162 Å². The summed E-state index contributed by atoms with van der Waals surface area (Å²) < 4.78 is 16.1. The molecule has 1 unspecified atom stereocenters. The maximum absolute atomic E-state index is 10.4. The lowest BCUT2D eigenvalue weighted by atomic mass is 10.2. The van der Waals surface area contributed by atoms with Crippen molar-refractivity contribution < 1.29 is 19.3 Å². The maximum atomic E-state index is 10.4. The number of rotatable bonds is 13. The van der Waals surface area contributed by atoms with Crippen LogP contribution in [0.25, 0.3) is 0 Å². The molecule has 27 heavy (non-hydrogen) atoms. The normalized spacial score (nSPS) is 12.3. The molecule has 0 fully saturated rings. The third-order valence-corrected chi connectivity index (χ3v) is 4.25. The molecule has 0 saturated carbocycles. The third-order valence-electron chi connectivity index (χ3n) is 4.25. The number of nitrogens with zero attached hydrogens (tertiary/aromatic N) is 1. The van der Waals surface area contributed by atoms with Crippen LogP contribution in [0.15, 0.2) is 54.6 Å². The zero-order valence-electron chi connectivity index (χ0n) is 16.3. The number of hydrogen-bond acceptors (Lipinski definition) is 5. The van der Waals surface area contributed by atoms with E-state index in [1.165, 1.54) is 0 Å². The Kier molecular flexibility index (Phi) is 9.87. The molecule has 0 spiro atoms. The fraction of sp³-hybridized carbons (Fsp3) is 0.455. The van der Waals surface area contributed by atoms with Gasteiger partial charge >= 0.3 is 0 Å². The second-order valence-corrected chi connectivity index (χ2v) is 6.59. The van der Waals surface area contributed by atoms with E-state index in [4.69, 9.17) is 14.2 Å². The Hall–Kier alpha value is -1.92. The minimum atomic E-state index is -0.540. The van der Waals surface area contributed by atoms with Gasteiger partial charge in [-0.05, 0) is 29.7 Å². The summed E-state index contributed by atoms with van der Waals surface area (Å²) in [5.41, 5.74) is 2.27. The smallest absolute Gasteiger partial charge is 0.119 e. The number of methoxy groups -OCH3 is 2. The lowest BCUT2D eigenvalue weighted by molar-refractivity contribution is 0.00738. The molecule has 0 saturated heterocycles. The van der Waals surface area contributed by atoms with Crippen LogP contribution in [0, 0.1) is 0 Å². The first-order valence-electron chi connectivity index (χ1n) is 9.35. The summed E-state index contributed by atoms with van der Waals surface area (Å²) in [6, 6.07) is 18.0. The lowest BCUT2D eigenvalue weighted by Gasteiger charge is -2.25. The molecule has 0 aliphatic carbocycles. The molecule has 2 aromatic carbocycles. The number of aliphatic hydroxyl groups is 1. The van der Waals surface area contributed by atoms with Crippen LogP contribution in [-0.2, 0) is 22.6 Å². The van der Waals surface area contributed by atoms with E-state index in [1.54, 1.807) is 14.2 Å². The molecule has 0 amide bonds. The predicted octanol–water partition coefficient (Wildman–Crippen LogP) is 3.11. The molecule has 0 aliphatic rings. The zero-order chi connectivity index (χ0) is 19.3. The van der Waals surface area contributed by atoms with Crippen molar-refractivity contribution in [3.8, 4) is 5.75 Å². The van der Waals surface area contributed by atoms with Gasteiger partial charge in [-0.1, -0.05) is 42.5 Å². The molecule has 5 nitrogen and oxygen atoms in total. The van der Waals surface area contributed by atoms with Gasteiger partial charge in [0, 0.05) is 33.4 Å². The molecule has 1 N–H and O–H groups in total. The quantitative estimate of drug-likeness (QED) is 0.547. The van der Waals surface area contributed by atoms with E-state index in [0.29, 0.717) is 26.4 Å². The Morgan fingerprint density at radius 2 is 1.78 bits per heavy atom. The van der Waals surface area contributed by atoms with Gasteiger partial charge in [-0.25, -0.2) is 0 Å². The van der Waals surface area contributed by atoms with Crippen LogP contribution in [-0.4, -0.2) is 56.6 Å². The second-order valence-electron chi connectivity index (χ2n) is 6.59. The van der Waals surface area contributed by atoms with Gasteiger partial charge in [-0.2, -0.15) is 0 Å². The topological polar surface area (TPSA) is 51.2 Å². The van der Waals surface area contributed by atoms with Gasteiger partial charge in [0.2, 0.25) is 0 Å². The van der Waals surface area contributed by atoms with Gasteiger partial charge < -0.3 is 19.3 Å². The second kappa shape index (κ2) is 12.5. The van der Waals surface area contributed by atoms with Crippen LogP contribution in [0.2, 0.25) is 0 Å². The molecular formula is C22H31NO4. The van der Waals surface area contributed by atoms with E-state index in [0.717, 1.165) is 36.4 Å². The minimum absolute atomic E-state index is 0.313. The fourth-order valence-electron chi connectivity index (χ4n) is 2.93. The van der Waals surface area contributed by atoms with Crippen LogP contribution >= 0.6 is 0 Å². The summed E-state index contributed by atoms with van der Waals surface area (Å²) in [5, 5.41) is 10.4. The van der Waals surface area contributed by atoms with Crippen LogP contribution in [0.5, 0.6) is 5.75 Å². The summed E-state index contributed by atoms with van der Waals surface area (Å²) >= 11 is 0. The average molecular weight is 373 g/mol. The molecule has 5 heteroatoms. The highest BCUT2D eigenvalue weighted by molar-refractivity contribution is 5.28. The number of benzene rings is 2. The SMILES string of the molecule is COCCCN(Cc1cccc(OC)c1)CC(O)COCc1ccccc1. The molecule has 2 rings (SSSR count). The molecule has 0 heterocycles. The number of aliphatic hydroxyl groups excluding tert-OH is 1. The van der Waals surface area contributed by atoms with Crippen molar-refractivity contribution in [3.05, 3.63) is 65.7 Å². The van der Waals surface area contributed by atoms with E-state index in [9.17, 15) is 5.11 Å². The molecule has 2 aromatic rings. The average Bonchev–Trinajstić information content (AvgIpc) is 2.69. The van der Waals surface area contributed by atoms with Crippen molar-refractivity contribution in [2.75, 3.05) is 40.5 Å². The Bertz CT molecular complexity index is 635. The third kappa shape index (κ3) is 8.54. The first kappa shape index (κ1) is 21.4. The summed E-state index contributed by atoms with van der Waals surface area (Å²) in [7, 11) is 3.38. The molecule has 0 aliphatic heterocycles. The summed E-state index contributed by atoms with van der Waals surface area (Å²) in [4.78, 5) is 2.23. The standard InChI is InChI=1S/C22H31NO4/c1-25-13-7-12-23(15-20-10-6-11-22(14-20)26-2)16-21(24)18-27-17-19-8-4-3-5-9-19/h3-6,8-11,14,21,24H,7,12-13,15-18H2,1-2H3. The first-order chi connectivity index (χ1) is 13.2. The van der Waals surface area contributed by atoms with Crippen LogP contribution in [0.1, 0.15) is 17.5 Å². The molecule has 0 radical (unpaired) electrons. The van der Waals surface area contributed by atoms with E-state index in [-0.39, 0.29) is 0 Å². The number of hydrogen-bond donors (Lipinski definition) is 1. The molecule has 148 valence electrons. The van der Waals surface area contributed by atoms with Crippen molar-refractivity contribution in [2.24, 2.45) is 0 Å². The highest BCUT2D eigenvalue weighted by Crippen LogP contribution is 2.15. The predicted molar refractivity (Wildman–Crippen MR) is 107 cm³/mol. The van der Waals surface area contributed by atoms with Crippen LogP contribution in [0.4, 0.5) is 0 Å². The lowest BCUT2D eigenvalue weighted by Crippen LogP contribution is -2.35. The molecule has 0 aromatic heterocycles. The van der Waals surface area contributed by atoms with E-state index in [1.807, 2.05) is 48.5 Å². The Morgan fingerprint density at radius 1 is 1.00 bits per heavy atom. The van der Waals surface area contributed by atoms with Gasteiger partial charge in [0.05, 0.1) is 26.4 Å². The van der Waals surface area contributed by atoms with Gasteiger partial charge in [-0.15, -0.1) is 0 Å². The van der Waals surface area contributed by atoms with Crippen LogP contribution < -0.4 is 4.74 Å². The van der Waals surface area contributed by atoms with Crippen molar-refractivity contribution in [1.82, 2.24) is 4.90 Å². The molecule has 1 atom stereocenters. The number of ether oxygens (including phenoxy) is 3. The highest BCUT2D eigenvalue weighted by atomic mass is 16.5. The Balaban J connectivity index is 1.84. The summed E-state index contributed by atoms with van der Waals surface area (Å²) in [6.07, 6.45) is 0.375. The van der Waals surface area contributed by atoms with E-state index >= 15 is 0 Å². The van der Waals surface area contributed by atoms with Crippen molar-refractivity contribution >= 4 is 0 Å². The van der Waals surface area contributed by atoms with E-state index < -0.39 is 6.10 Å².